The van der Waals surface area contributed by atoms with Crippen molar-refractivity contribution in [2.24, 2.45) is 0 Å². The summed E-state index contributed by atoms with van der Waals surface area (Å²) in [5, 5.41) is 7.87. The molecule has 2 N–H and O–H groups in total. The lowest BCUT2D eigenvalue weighted by Crippen LogP contribution is -1.96. The highest BCUT2D eigenvalue weighted by atomic mass is 31.2. The molecule has 0 aliphatic heterocycles. The van der Waals surface area contributed by atoms with Gasteiger partial charge in [0.15, 0.2) is 0 Å². The first-order valence-electron chi connectivity index (χ1n) is 6.99. The molecule has 7 heteroatoms. The van der Waals surface area contributed by atoms with E-state index in [-0.39, 0.29) is 12.6 Å². The van der Waals surface area contributed by atoms with Crippen LogP contribution in [0.25, 0.3) is 0 Å². The van der Waals surface area contributed by atoms with E-state index in [1.165, 1.54) is 11.1 Å². The van der Waals surface area contributed by atoms with Crippen LogP contribution >= 0.6 is 7.60 Å². The lowest BCUT2D eigenvalue weighted by Gasteiger charge is -2.00. The van der Waals surface area contributed by atoms with Crippen LogP contribution in [0.3, 0.4) is 0 Å². The third-order valence-electron chi connectivity index (χ3n) is 2.96. The summed E-state index contributed by atoms with van der Waals surface area (Å²) in [5.74, 6) is 0. The first-order valence-corrected chi connectivity index (χ1v) is 8.78. The first kappa shape index (κ1) is 17.8. The van der Waals surface area contributed by atoms with Gasteiger partial charge >= 0.3 is 7.60 Å². The minimum absolute atomic E-state index is 0.191. The van der Waals surface area contributed by atoms with Gasteiger partial charge in [-0.25, -0.2) is 4.68 Å². The number of aryl methyl sites for hydroxylation is 1. The molecule has 118 valence electrons. The topological polar surface area (TPSA) is 88.2 Å². The summed E-state index contributed by atoms with van der Waals surface area (Å²) < 4.78 is 12.5. The maximum atomic E-state index is 10.8. The zero-order valence-corrected chi connectivity index (χ0v) is 13.8. The Hall–Kier alpha value is -1.23. The second kappa shape index (κ2) is 8.27. The van der Waals surface area contributed by atoms with Gasteiger partial charge in [-0.15, -0.1) is 5.10 Å². The number of rotatable bonds is 8. The van der Waals surface area contributed by atoms with E-state index in [4.69, 9.17) is 9.79 Å². The molecule has 1 heterocycles. The highest BCUT2D eigenvalue weighted by Crippen LogP contribution is 2.34. The van der Waals surface area contributed by atoms with Crippen LogP contribution in [0, 0.1) is 0 Å². The molecule has 0 unspecified atom stereocenters. The summed E-state index contributed by atoms with van der Waals surface area (Å²) in [7, 11) is -3.97. The SMILES string of the molecule is CC(C)=CCC/C(C)=C/Cn1cc(CCP(=O)(O)O)nn1. The molecular weight excluding hydrogens is 289 g/mol. The zero-order chi connectivity index (χ0) is 15.9. The molecule has 0 aliphatic rings. The molecule has 6 nitrogen and oxygen atoms in total. The van der Waals surface area contributed by atoms with Gasteiger partial charge in [0, 0.05) is 12.6 Å². The monoisotopic (exact) mass is 313 g/mol. The summed E-state index contributed by atoms with van der Waals surface area (Å²) >= 11 is 0. The van der Waals surface area contributed by atoms with E-state index in [1.807, 2.05) is 0 Å². The van der Waals surface area contributed by atoms with Crippen LogP contribution in [-0.2, 0) is 17.5 Å². The first-order chi connectivity index (χ1) is 9.76. The zero-order valence-electron chi connectivity index (χ0n) is 12.9. The molecule has 21 heavy (non-hydrogen) atoms. The van der Waals surface area contributed by atoms with E-state index in [1.54, 1.807) is 10.9 Å². The van der Waals surface area contributed by atoms with Gasteiger partial charge < -0.3 is 9.79 Å². The van der Waals surface area contributed by atoms with Gasteiger partial charge in [0.1, 0.15) is 0 Å². The minimum atomic E-state index is -3.97. The minimum Gasteiger partial charge on any atom is -0.324 e. The summed E-state index contributed by atoms with van der Waals surface area (Å²) in [5.41, 5.74) is 3.22. The van der Waals surface area contributed by atoms with Crippen molar-refractivity contribution in [3.05, 3.63) is 35.2 Å². The quantitative estimate of drug-likeness (QED) is 0.569. The van der Waals surface area contributed by atoms with E-state index in [2.05, 4.69) is 43.2 Å². The van der Waals surface area contributed by atoms with Gasteiger partial charge in [0.25, 0.3) is 0 Å². The number of nitrogens with zero attached hydrogens (tertiary/aromatic N) is 3. The largest absolute Gasteiger partial charge is 0.325 e. The molecule has 0 saturated heterocycles. The molecule has 1 aromatic rings. The van der Waals surface area contributed by atoms with E-state index < -0.39 is 7.60 Å². The highest BCUT2D eigenvalue weighted by molar-refractivity contribution is 7.51. The van der Waals surface area contributed by atoms with Gasteiger partial charge in [0.05, 0.1) is 18.4 Å². The van der Waals surface area contributed by atoms with E-state index in [0.29, 0.717) is 12.2 Å². The van der Waals surface area contributed by atoms with Crippen LogP contribution in [-0.4, -0.2) is 30.9 Å². The van der Waals surface area contributed by atoms with E-state index >= 15 is 0 Å². The third-order valence-corrected chi connectivity index (χ3v) is 3.77. The fraction of sp³-hybridized carbons (Fsp3) is 0.571. The molecule has 0 fully saturated rings. The van der Waals surface area contributed by atoms with Gasteiger partial charge in [-0.1, -0.05) is 28.5 Å². The van der Waals surface area contributed by atoms with Crippen molar-refractivity contribution in [2.45, 2.75) is 46.6 Å². The molecule has 0 atom stereocenters. The second-order valence-corrected chi connectivity index (χ2v) is 7.22. The number of hydrogen-bond acceptors (Lipinski definition) is 3. The molecule has 0 bridgehead atoms. The Bertz CT molecular complexity index is 554. The predicted molar refractivity (Wildman–Crippen MR) is 83.1 cm³/mol. The average molecular weight is 313 g/mol. The predicted octanol–water partition coefficient (Wildman–Crippen LogP) is 2.69. The van der Waals surface area contributed by atoms with Crippen molar-refractivity contribution in [2.75, 3.05) is 6.16 Å². The van der Waals surface area contributed by atoms with E-state index in [0.717, 1.165) is 12.8 Å². The summed E-state index contributed by atoms with van der Waals surface area (Å²) in [6.07, 6.45) is 8.15. The van der Waals surface area contributed by atoms with Gasteiger partial charge in [0.2, 0.25) is 0 Å². The summed E-state index contributed by atoms with van der Waals surface area (Å²) in [4.78, 5) is 17.7. The Morgan fingerprint density at radius 2 is 2.05 bits per heavy atom. The van der Waals surface area contributed by atoms with Crippen LogP contribution in [0.15, 0.2) is 29.5 Å². The van der Waals surface area contributed by atoms with Crippen molar-refractivity contribution in [1.82, 2.24) is 15.0 Å². The van der Waals surface area contributed by atoms with Crippen LogP contribution in [0.5, 0.6) is 0 Å². The van der Waals surface area contributed by atoms with Crippen molar-refractivity contribution < 1.29 is 14.4 Å². The molecule has 1 rings (SSSR count). The van der Waals surface area contributed by atoms with Crippen molar-refractivity contribution in [3.8, 4) is 0 Å². The molecule has 0 amide bonds. The normalized spacial score (nSPS) is 12.5. The van der Waals surface area contributed by atoms with Crippen molar-refractivity contribution in [1.29, 1.82) is 0 Å². The smallest absolute Gasteiger partial charge is 0.324 e. The Balaban J connectivity index is 2.43. The Morgan fingerprint density at radius 3 is 2.67 bits per heavy atom. The number of aromatic nitrogens is 3. The number of allylic oxidation sites excluding steroid dienone is 4. The number of hydrogen-bond donors (Lipinski definition) is 2. The molecule has 0 aliphatic carbocycles. The van der Waals surface area contributed by atoms with Gasteiger partial charge in [-0.2, -0.15) is 0 Å². The van der Waals surface area contributed by atoms with Gasteiger partial charge in [-0.05, 0) is 33.6 Å². The Labute approximate surface area is 125 Å². The maximum absolute atomic E-state index is 10.8. The molecule has 1 aromatic heterocycles. The lowest BCUT2D eigenvalue weighted by atomic mass is 10.1. The fourth-order valence-electron chi connectivity index (χ4n) is 1.74. The van der Waals surface area contributed by atoms with Crippen LogP contribution in [0.1, 0.15) is 39.3 Å². The van der Waals surface area contributed by atoms with Crippen LogP contribution in [0.4, 0.5) is 0 Å². The van der Waals surface area contributed by atoms with Gasteiger partial charge in [-0.3, -0.25) is 4.57 Å². The highest BCUT2D eigenvalue weighted by Gasteiger charge is 2.13. The fourth-order valence-corrected chi connectivity index (χ4v) is 2.26. The van der Waals surface area contributed by atoms with Crippen molar-refractivity contribution >= 4 is 7.60 Å². The van der Waals surface area contributed by atoms with E-state index in [9.17, 15) is 4.57 Å². The van der Waals surface area contributed by atoms with Crippen LogP contribution < -0.4 is 0 Å². The third kappa shape index (κ3) is 8.60. The van der Waals surface area contributed by atoms with Crippen LogP contribution in [0.2, 0.25) is 0 Å². The summed E-state index contributed by atoms with van der Waals surface area (Å²) in [6.45, 7) is 6.90. The Kier molecular flexibility index (Phi) is 7.02. The molecule has 0 aromatic carbocycles. The molecule has 0 radical (unpaired) electrons. The lowest BCUT2D eigenvalue weighted by molar-refractivity contribution is 0.373. The second-order valence-electron chi connectivity index (χ2n) is 5.44. The molecule has 0 spiro atoms. The average Bonchev–Trinajstić information content (AvgIpc) is 2.80. The van der Waals surface area contributed by atoms with Crippen molar-refractivity contribution in [3.63, 3.8) is 0 Å². The standard InChI is InChI=1S/C14H24N3O3P/c1-12(2)5-4-6-13(3)7-9-17-11-14(15-16-17)8-10-21(18,19)20/h5,7,11H,4,6,8-10H2,1-3H3,(H2,18,19,20)/b13-7+. The molecular formula is C14H24N3O3P. The molecule has 0 saturated carbocycles. The maximum Gasteiger partial charge on any atom is 0.325 e. The summed E-state index contributed by atoms with van der Waals surface area (Å²) in [6, 6.07) is 0. The Morgan fingerprint density at radius 1 is 1.33 bits per heavy atom.